The molecule has 2 aromatic carbocycles. The Morgan fingerprint density at radius 3 is 2.69 bits per heavy atom. The minimum atomic E-state index is -1.03. The van der Waals surface area contributed by atoms with E-state index in [9.17, 15) is 24.8 Å². The van der Waals surface area contributed by atoms with E-state index in [4.69, 9.17) is 4.42 Å². The number of amides is 2. The third kappa shape index (κ3) is 3.94. The van der Waals surface area contributed by atoms with Crippen LogP contribution in [0, 0.1) is 18.3 Å². The molecule has 7 nitrogen and oxygen atoms in total. The highest BCUT2D eigenvalue weighted by molar-refractivity contribution is 8.18. The Morgan fingerprint density at radius 1 is 1.16 bits per heavy atom. The van der Waals surface area contributed by atoms with Gasteiger partial charge in [-0.2, -0.15) is 5.26 Å². The highest BCUT2D eigenvalue weighted by Gasteiger charge is 2.35. The van der Waals surface area contributed by atoms with Gasteiger partial charge in [-0.25, -0.2) is 4.79 Å². The first-order valence-corrected chi connectivity index (χ1v) is 10.4. The van der Waals surface area contributed by atoms with Gasteiger partial charge in [0.1, 0.15) is 11.5 Å². The van der Waals surface area contributed by atoms with E-state index in [-0.39, 0.29) is 17.0 Å². The second-order valence-corrected chi connectivity index (χ2v) is 8.02. The number of imide groups is 1. The van der Waals surface area contributed by atoms with Crippen LogP contribution in [0.25, 0.3) is 17.4 Å². The Bertz CT molecular complexity index is 1330. The average Bonchev–Trinajstić information content (AvgIpc) is 3.34. The zero-order valence-corrected chi connectivity index (χ0v) is 17.7. The van der Waals surface area contributed by atoms with E-state index in [0.29, 0.717) is 33.8 Å². The molecule has 4 rings (SSSR count). The molecule has 0 unspecified atom stereocenters. The molecular weight excluding hydrogens is 428 g/mol. The summed E-state index contributed by atoms with van der Waals surface area (Å²) < 4.78 is 5.81. The number of rotatable bonds is 5. The van der Waals surface area contributed by atoms with Crippen LogP contribution in [0.4, 0.5) is 4.79 Å². The summed E-state index contributed by atoms with van der Waals surface area (Å²) in [5.41, 5.74) is 2.38. The van der Waals surface area contributed by atoms with Crippen molar-refractivity contribution in [1.82, 2.24) is 4.90 Å². The number of hydrogen-bond acceptors (Lipinski definition) is 6. The second kappa shape index (κ2) is 8.57. The maximum absolute atomic E-state index is 12.8. The molecule has 1 aromatic heterocycles. The lowest BCUT2D eigenvalue weighted by Crippen LogP contribution is -2.27. The van der Waals surface area contributed by atoms with Crippen LogP contribution in [0.2, 0.25) is 0 Å². The van der Waals surface area contributed by atoms with E-state index >= 15 is 0 Å². The van der Waals surface area contributed by atoms with Gasteiger partial charge in [0.25, 0.3) is 11.1 Å². The Hall–Kier alpha value is -4.09. The summed E-state index contributed by atoms with van der Waals surface area (Å²) in [5, 5.41) is 18.1. The van der Waals surface area contributed by atoms with Gasteiger partial charge in [-0.05, 0) is 54.1 Å². The van der Waals surface area contributed by atoms with Crippen molar-refractivity contribution in [3.05, 3.63) is 87.5 Å². The summed E-state index contributed by atoms with van der Waals surface area (Å²) in [5.74, 6) is -0.667. The van der Waals surface area contributed by atoms with E-state index in [1.807, 2.05) is 0 Å². The Balaban J connectivity index is 1.59. The number of hydrogen-bond donors (Lipinski definition) is 1. The summed E-state index contributed by atoms with van der Waals surface area (Å²) in [7, 11) is 0. The van der Waals surface area contributed by atoms with Gasteiger partial charge >= 0.3 is 5.97 Å². The second-order valence-electron chi connectivity index (χ2n) is 7.02. The van der Waals surface area contributed by atoms with Crippen LogP contribution in [0.5, 0.6) is 0 Å². The molecular formula is C24H16N2O5S. The van der Waals surface area contributed by atoms with Crippen LogP contribution in [-0.2, 0) is 11.3 Å². The fraction of sp³-hybridized carbons (Fsp3) is 0.0833. The molecule has 2 amide bonds. The molecule has 0 spiro atoms. The number of furan rings is 1. The van der Waals surface area contributed by atoms with Gasteiger partial charge in [-0.1, -0.05) is 30.3 Å². The average molecular weight is 444 g/mol. The smallest absolute Gasteiger partial charge is 0.335 e. The zero-order valence-electron chi connectivity index (χ0n) is 16.9. The minimum absolute atomic E-state index is 0.0102. The van der Waals surface area contributed by atoms with Gasteiger partial charge in [0.2, 0.25) is 0 Å². The number of carboxylic acid groups (broad SMARTS) is 1. The van der Waals surface area contributed by atoms with Crippen LogP contribution in [0.15, 0.2) is 63.9 Å². The quantitative estimate of drug-likeness (QED) is 0.547. The molecule has 0 saturated carbocycles. The summed E-state index contributed by atoms with van der Waals surface area (Å²) in [6.07, 6.45) is 1.49. The lowest BCUT2D eigenvalue weighted by Gasteiger charge is -2.13. The maximum atomic E-state index is 12.8. The van der Waals surface area contributed by atoms with Gasteiger partial charge in [-0.3, -0.25) is 14.5 Å². The fourth-order valence-corrected chi connectivity index (χ4v) is 4.23. The molecule has 158 valence electrons. The van der Waals surface area contributed by atoms with Crippen molar-refractivity contribution in [3.63, 3.8) is 0 Å². The third-order valence-electron chi connectivity index (χ3n) is 5.07. The molecule has 3 aromatic rings. The van der Waals surface area contributed by atoms with E-state index < -0.39 is 17.1 Å². The first-order valence-electron chi connectivity index (χ1n) is 9.55. The first-order chi connectivity index (χ1) is 15.4. The van der Waals surface area contributed by atoms with Crippen molar-refractivity contribution in [2.75, 3.05) is 0 Å². The molecule has 0 radical (unpaired) electrons. The van der Waals surface area contributed by atoms with Gasteiger partial charge in [0.15, 0.2) is 0 Å². The fourth-order valence-electron chi connectivity index (χ4n) is 3.41. The molecule has 1 saturated heterocycles. The van der Waals surface area contributed by atoms with Crippen molar-refractivity contribution in [3.8, 4) is 17.4 Å². The predicted molar refractivity (Wildman–Crippen MR) is 119 cm³/mol. The van der Waals surface area contributed by atoms with Crippen molar-refractivity contribution < 1.29 is 23.9 Å². The normalized spacial score (nSPS) is 14.8. The zero-order chi connectivity index (χ0) is 22.8. The highest BCUT2D eigenvalue weighted by atomic mass is 32.2. The number of nitriles is 1. The van der Waals surface area contributed by atoms with Crippen molar-refractivity contribution >= 4 is 35.0 Å². The van der Waals surface area contributed by atoms with Crippen LogP contribution < -0.4 is 0 Å². The summed E-state index contributed by atoms with van der Waals surface area (Å²) >= 11 is 0.802. The maximum Gasteiger partial charge on any atom is 0.335 e. The molecule has 1 aliphatic rings. The molecule has 1 N–H and O–H groups in total. The largest absolute Gasteiger partial charge is 0.478 e. The number of nitrogens with zero attached hydrogens (tertiary/aromatic N) is 2. The monoisotopic (exact) mass is 444 g/mol. The van der Waals surface area contributed by atoms with Crippen LogP contribution in [0.3, 0.4) is 0 Å². The SMILES string of the molecule is Cc1c(C(=O)O)cccc1-c1ccc(/C=C2\SC(=O)N(Cc3ccccc3C#N)C2=O)o1. The minimum Gasteiger partial charge on any atom is -0.478 e. The van der Waals surface area contributed by atoms with Crippen LogP contribution in [0.1, 0.15) is 32.8 Å². The van der Waals surface area contributed by atoms with E-state index in [1.54, 1.807) is 55.5 Å². The van der Waals surface area contributed by atoms with Crippen molar-refractivity contribution in [2.24, 2.45) is 0 Å². The van der Waals surface area contributed by atoms with Crippen molar-refractivity contribution in [1.29, 1.82) is 5.26 Å². The van der Waals surface area contributed by atoms with E-state index in [0.717, 1.165) is 16.7 Å². The first kappa shape index (κ1) is 21.2. The van der Waals surface area contributed by atoms with E-state index in [1.165, 1.54) is 12.1 Å². The number of carbonyl (C=O) groups excluding carboxylic acids is 2. The molecule has 1 aliphatic heterocycles. The lowest BCUT2D eigenvalue weighted by atomic mass is 10.0. The van der Waals surface area contributed by atoms with E-state index in [2.05, 4.69) is 6.07 Å². The Morgan fingerprint density at radius 2 is 1.94 bits per heavy atom. The number of thioether (sulfide) groups is 1. The molecule has 0 atom stereocenters. The number of aromatic carboxylic acids is 1. The molecule has 0 aliphatic carbocycles. The number of carboxylic acids is 1. The molecule has 0 bridgehead atoms. The Labute approximate surface area is 187 Å². The molecule has 8 heteroatoms. The standard InChI is InChI=1S/C24H16N2O5S/c1-14-18(7-4-8-19(14)23(28)29)20-10-9-17(31-20)11-21-22(27)26(24(30)32-21)13-16-6-3-2-5-15(16)12-25/h2-11H,13H2,1H3,(H,28,29)/b21-11-. The Kier molecular flexibility index (Phi) is 5.67. The van der Waals surface area contributed by atoms with Gasteiger partial charge < -0.3 is 9.52 Å². The number of carbonyl (C=O) groups is 3. The summed E-state index contributed by atoms with van der Waals surface area (Å²) in [4.78, 5) is 37.9. The van der Waals surface area contributed by atoms with Crippen molar-refractivity contribution in [2.45, 2.75) is 13.5 Å². The lowest BCUT2D eigenvalue weighted by molar-refractivity contribution is -0.123. The topological polar surface area (TPSA) is 112 Å². The van der Waals surface area contributed by atoms with Gasteiger partial charge in [0.05, 0.1) is 28.6 Å². The van der Waals surface area contributed by atoms with Gasteiger partial charge in [0, 0.05) is 11.6 Å². The molecule has 32 heavy (non-hydrogen) atoms. The highest BCUT2D eigenvalue weighted by Crippen LogP contribution is 2.35. The summed E-state index contributed by atoms with van der Waals surface area (Å²) in [6.45, 7) is 1.71. The third-order valence-corrected chi connectivity index (χ3v) is 5.98. The van der Waals surface area contributed by atoms with Crippen LogP contribution >= 0.6 is 11.8 Å². The van der Waals surface area contributed by atoms with Crippen LogP contribution in [-0.4, -0.2) is 27.1 Å². The summed E-state index contributed by atoms with van der Waals surface area (Å²) in [6, 6.07) is 17.1. The molecule has 2 heterocycles. The molecule has 1 fully saturated rings. The predicted octanol–water partition coefficient (Wildman–Crippen LogP) is 5.06. The number of benzene rings is 2. The van der Waals surface area contributed by atoms with Gasteiger partial charge in [-0.15, -0.1) is 0 Å².